The molecule has 1 saturated carbocycles. The zero-order valence-corrected chi connectivity index (χ0v) is 19.4. The second kappa shape index (κ2) is 7.77. The van der Waals surface area contributed by atoms with E-state index in [9.17, 15) is 5.11 Å². The third kappa shape index (κ3) is 3.21. The summed E-state index contributed by atoms with van der Waals surface area (Å²) in [7, 11) is 0. The van der Waals surface area contributed by atoms with Gasteiger partial charge in [-0.05, 0) is 54.7 Å². The van der Waals surface area contributed by atoms with Gasteiger partial charge in [0.15, 0.2) is 10.8 Å². The van der Waals surface area contributed by atoms with E-state index < -0.39 is 5.72 Å². The molecule has 6 rings (SSSR count). The van der Waals surface area contributed by atoms with Gasteiger partial charge in [0.2, 0.25) is 0 Å². The maximum atomic E-state index is 10.5. The fourth-order valence-electron chi connectivity index (χ4n) is 6.56. The number of aryl methyl sites for hydroxylation is 1. The molecule has 5 atom stereocenters. The molecule has 1 aliphatic carbocycles. The Kier molecular flexibility index (Phi) is 4.84. The molecular formula is C28H28N2O2S. The highest BCUT2D eigenvalue weighted by Crippen LogP contribution is 2.58. The van der Waals surface area contributed by atoms with Crippen molar-refractivity contribution >= 4 is 17.3 Å². The number of aromatic hydroxyl groups is 1. The molecule has 0 radical (unpaired) electrons. The summed E-state index contributed by atoms with van der Waals surface area (Å²) in [5, 5.41) is 18.3. The van der Waals surface area contributed by atoms with Crippen LogP contribution in [0.3, 0.4) is 0 Å². The van der Waals surface area contributed by atoms with Crippen molar-refractivity contribution in [2.45, 2.75) is 43.9 Å². The number of rotatable bonds is 2. The minimum absolute atomic E-state index is 0.0686. The summed E-state index contributed by atoms with van der Waals surface area (Å²) >= 11 is 5.77. The third-order valence-corrected chi connectivity index (χ3v) is 7.99. The van der Waals surface area contributed by atoms with Crippen molar-refractivity contribution in [2.24, 2.45) is 11.8 Å². The molecule has 2 fully saturated rings. The molecule has 0 amide bonds. The number of benzene rings is 3. The second-order valence-electron chi connectivity index (χ2n) is 9.59. The topological polar surface area (TPSA) is 53.5 Å². The summed E-state index contributed by atoms with van der Waals surface area (Å²) in [4.78, 5) is 0. The van der Waals surface area contributed by atoms with Gasteiger partial charge in [-0.1, -0.05) is 67.1 Å². The molecule has 1 saturated heterocycles. The van der Waals surface area contributed by atoms with E-state index >= 15 is 0 Å². The molecule has 5 heteroatoms. The third-order valence-electron chi connectivity index (χ3n) is 7.77. The van der Waals surface area contributed by atoms with E-state index in [0.29, 0.717) is 5.11 Å². The highest BCUT2D eigenvalue weighted by molar-refractivity contribution is 7.80. The number of nitrogens with one attached hydrogen (secondary N) is 2. The summed E-state index contributed by atoms with van der Waals surface area (Å²) in [6.45, 7) is 2.07. The predicted octanol–water partition coefficient (Wildman–Crippen LogP) is 5.56. The molecule has 0 aromatic heterocycles. The number of phenols is 1. The fourth-order valence-corrected chi connectivity index (χ4v) is 6.84. The summed E-state index contributed by atoms with van der Waals surface area (Å²) in [5.41, 5.74) is 4.10. The summed E-state index contributed by atoms with van der Waals surface area (Å²) in [5.74, 6) is 1.54. The maximum absolute atomic E-state index is 10.5. The van der Waals surface area contributed by atoms with Crippen LogP contribution in [0.4, 0.5) is 0 Å². The fraction of sp³-hybridized carbons (Fsp3) is 0.321. The van der Waals surface area contributed by atoms with Crippen LogP contribution in [0.2, 0.25) is 0 Å². The van der Waals surface area contributed by atoms with Crippen molar-refractivity contribution in [1.29, 1.82) is 0 Å². The standard InChI is InChI=1S/C28H28N2O2S/c1-17-15-20(31)16-23-24(17)25(18-9-4-2-5-10-18)21-13-8-14-22-26(19-11-6-3-7-12-19)29-27(33)30-28(21,22)32-23/h2-7,9-12,15-16,21-22,25-26,31H,8,13-14H2,1H3,(H2,29,30,33)/t21-,22+,25+,26+,28-/m0/s1. The molecule has 1 spiro atoms. The second-order valence-corrected chi connectivity index (χ2v) is 10.00. The first-order chi connectivity index (χ1) is 16.1. The average molecular weight is 457 g/mol. The van der Waals surface area contributed by atoms with E-state index in [1.165, 1.54) is 16.7 Å². The zero-order valence-electron chi connectivity index (χ0n) is 18.6. The normalized spacial score (nSPS) is 30.0. The maximum Gasteiger partial charge on any atom is 0.191 e. The molecule has 33 heavy (non-hydrogen) atoms. The molecule has 3 N–H and O–H groups in total. The van der Waals surface area contributed by atoms with Gasteiger partial charge in [0.1, 0.15) is 11.5 Å². The molecular weight excluding hydrogens is 428 g/mol. The summed E-state index contributed by atoms with van der Waals surface area (Å²) in [6, 6.07) is 25.0. The van der Waals surface area contributed by atoms with Gasteiger partial charge in [0.05, 0.1) is 6.04 Å². The average Bonchev–Trinajstić information content (AvgIpc) is 2.82. The lowest BCUT2D eigenvalue weighted by Gasteiger charge is -2.59. The lowest BCUT2D eigenvalue weighted by atomic mass is 9.60. The molecule has 2 heterocycles. The molecule has 3 aromatic rings. The van der Waals surface area contributed by atoms with Gasteiger partial charge in [-0.15, -0.1) is 0 Å². The number of fused-ring (bicyclic) bond motifs is 1. The Morgan fingerprint density at radius 3 is 2.33 bits per heavy atom. The molecule has 3 aromatic carbocycles. The van der Waals surface area contributed by atoms with Gasteiger partial charge in [-0.25, -0.2) is 0 Å². The van der Waals surface area contributed by atoms with Crippen LogP contribution in [0.25, 0.3) is 0 Å². The van der Waals surface area contributed by atoms with Crippen molar-refractivity contribution in [1.82, 2.24) is 10.6 Å². The highest BCUT2D eigenvalue weighted by Gasteiger charge is 2.61. The summed E-state index contributed by atoms with van der Waals surface area (Å²) < 4.78 is 6.96. The first-order valence-corrected chi connectivity index (χ1v) is 12.2. The molecule has 168 valence electrons. The van der Waals surface area contributed by atoms with Gasteiger partial charge in [0, 0.05) is 29.4 Å². The van der Waals surface area contributed by atoms with Crippen molar-refractivity contribution in [3.8, 4) is 11.5 Å². The van der Waals surface area contributed by atoms with Crippen molar-refractivity contribution in [2.75, 3.05) is 0 Å². The molecule has 4 nitrogen and oxygen atoms in total. The Morgan fingerprint density at radius 1 is 0.939 bits per heavy atom. The van der Waals surface area contributed by atoms with Crippen LogP contribution in [0, 0.1) is 18.8 Å². The van der Waals surface area contributed by atoms with Gasteiger partial charge in [-0.3, -0.25) is 0 Å². The Hall–Kier alpha value is -3.05. The Bertz CT molecular complexity index is 1200. The van der Waals surface area contributed by atoms with E-state index in [2.05, 4.69) is 72.2 Å². The van der Waals surface area contributed by atoms with Crippen LogP contribution in [-0.2, 0) is 0 Å². The monoisotopic (exact) mass is 456 g/mol. The molecule has 0 unspecified atom stereocenters. The quantitative estimate of drug-likeness (QED) is 0.441. The van der Waals surface area contributed by atoms with E-state index in [1.54, 1.807) is 6.07 Å². The van der Waals surface area contributed by atoms with E-state index in [1.807, 2.05) is 12.1 Å². The number of hydrogen-bond acceptors (Lipinski definition) is 3. The van der Waals surface area contributed by atoms with Crippen LogP contribution in [0.5, 0.6) is 11.5 Å². The number of thiocarbonyl (C=S) groups is 1. The lowest BCUT2D eigenvalue weighted by molar-refractivity contribution is -0.121. The first-order valence-electron chi connectivity index (χ1n) is 11.8. The van der Waals surface area contributed by atoms with Crippen LogP contribution in [0.1, 0.15) is 53.5 Å². The van der Waals surface area contributed by atoms with Crippen molar-refractivity contribution in [3.05, 3.63) is 95.1 Å². The Labute approximate surface area is 200 Å². The van der Waals surface area contributed by atoms with Crippen molar-refractivity contribution < 1.29 is 9.84 Å². The molecule has 3 aliphatic rings. The van der Waals surface area contributed by atoms with E-state index in [4.69, 9.17) is 17.0 Å². The predicted molar refractivity (Wildman–Crippen MR) is 133 cm³/mol. The van der Waals surface area contributed by atoms with Gasteiger partial charge < -0.3 is 20.5 Å². The minimum atomic E-state index is -0.644. The van der Waals surface area contributed by atoms with Gasteiger partial charge >= 0.3 is 0 Å². The van der Waals surface area contributed by atoms with Crippen LogP contribution in [0.15, 0.2) is 72.8 Å². The molecule has 0 bridgehead atoms. The highest BCUT2D eigenvalue weighted by atomic mass is 32.1. The Balaban J connectivity index is 1.56. The Morgan fingerprint density at radius 2 is 1.61 bits per heavy atom. The largest absolute Gasteiger partial charge is 0.508 e. The molecule has 2 aliphatic heterocycles. The van der Waals surface area contributed by atoms with Gasteiger partial charge in [0.25, 0.3) is 0 Å². The van der Waals surface area contributed by atoms with E-state index in [0.717, 1.165) is 30.6 Å². The minimum Gasteiger partial charge on any atom is -0.508 e. The first kappa shape index (κ1) is 20.5. The van der Waals surface area contributed by atoms with Gasteiger partial charge in [-0.2, -0.15) is 0 Å². The van der Waals surface area contributed by atoms with Crippen LogP contribution >= 0.6 is 12.2 Å². The number of phenolic OH excluding ortho intramolecular Hbond substituents is 1. The lowest BCUT2D eigenvalue weighted by Crippen LogP contribution is -2.73. The SMILES string of the molecule is Cc1cc(O)cc2c1[C@H](c1ccccc1)[C@@H]1CCC[C@@H]3[C@@H](c4ccccc4)NC(=S)N[C@@]31O2. The summed E-state index contributed by atoms with van der Waals surface area (Å²) in [6.07, 6.45) is 3.22. The number of hydrogen-bond donors (Lipinski definition) is 3. The number of ether oxygens (including phenoxy) is 1. The van der Waals surface area contributed by atoms with E-state index in [-0.39, 0.29) is 29.5 Å². The smallest absolute Gasteiger partial charge is 0.191 e. The van der Waals surface area contributed by atoms with Crippen LogP contribution in [-0.4, -0.2) is 15.9 Å². The van der Waals surface area contributed by atoms with Crippen molar-refractivity contribution in [3.63, 3.8) is 0 Å². The van der Waals surface area contributed by atoms with Crippen LogP contribution < -0.4 is 15.4 Å². The zero-order chi connectivity index (χ0) is 22.6.